The molecule has 0 spiro atoms. The fourth-order valence-corrected chi connectivity index (χ4v) is 4.22. The van der Waals surface area contributed by atoms with Crippen LogP contribution in [0.3, 0.4) is 0 Å². The summed E-state index contributed by atoms with van der Waals surface area (Å²) in [4.78, 5) is 4.43. The zero-order valence-corrected chi connectivity index (χ0v) is 15.5. The highest BCUT2D eigenvalue weighted by molar-refractivity contribution is 5.83. The van der Waals surface area contributed by atoms with E-state index in [0.717, 1.165) is 6.54 Å². The summed E-state index contributed by atoms with van der Waals surface area (Å²) in [6, 6.07) is 15.4. The molecule has 5 heteroatoms. The number of hydrogen-bond donors (Lipinski definition) is 0. The van der Waals surface area contributed by atoms with E-state index < -0.39 is 0 Å². The number of likely N-dealkylation sites (tertiary alicyclic amines) is 1. The molecule has 0 bridgehead atoms. The molecule has 0 radical (unpaired) electrons. The van der Waals surface area contributed by atoms with Gasteiger partial charge in [0.2, 0.25) is 0 Å². The first-order valence-electron chi connectivity index (χ1n) is 9.78. The van der Waals surface area contributed by atoms with Crippen molar-refractivity contribution in [3.05, 3.63) is 54.4 Å². The highest BCUT2D eigenvalue weighted by Crippen LogP contribution is 2.33. The minimum atomic E-state index is 0.145. The summed E-state index contributed by atoms with van der Waals surface area (Å²) in [5.41, 5.74) is 1.28. The van der Waals surface area contributed by atoms with E-state index in [-0.39, 0.29) is 6.04 Å². The number of hydrogen-bond acceptors (Lipinski definition) is 4. The molecule has 1 aliphatic heterocycles. The molecular formula is C21H27N5. The number of piperidine rings is 1. The van der Waals surface area contributed by atoms with Crippen molar-refractivity contribution in [2.75, 3.05) is 19.6 Å². The van der Waals surface area contributed by atoms with Crippen LogP contribution in [0.15, 0.2) is 48.8 Å². The van der Waals surface area contributed by atoms with E-state index in [1.54, 1.807) is 6.33 Å². The number of fused-ring (bicyclic) bond motifs is 1. The molecule has 0 aliphatic carbocycles. The van der Waals surface area contributed by atoms with Gasteiger partial charge in [-0.25, -0.2) is 0 Å². The van der Waals surface area contributed by atoms with Crippen molar-refractivity contribution in [2.45, 2.75) is 38.6 Å². The van der Waals surface area contributed by atoms with E-state index in [0.29, 0.717) is 5.92 Å². The summed E-state index contributed by atoms with van der Waals surface area (Å²) in [7, 11) is 0. The zero-order valence-electron chi connectivity index (χ0n) is 15.5. The van der Waals surface area contributed by atoms with Gasteiger partial charge in [-0.05, 0) is 60.0 Å². The van der Waals surface area contributed by atoms with Crippen molar-refractivity contribution in [3.63, 3.8) is 0 Å². The highest BCUT2D eigenvalue weighted by Gasteiger charge is 2.31. The molecule has 2 atom stereocenters. The summed E-state index contributed by atoms with van der Waals surface area (Å²) in [5, 5.41) is 15.2. The summed E-state index contributed by atoms with van der Waals surface area (Å²) in [6.45, 7) is 5.78. The predicted octanol–water partition coefficient (Wildman–Crippen LogP) is 3.93. The van der Waals surface area contributed by atoms with Gasteiger partial charge < -0.3 is 4.90 Å². The van der Waals surface area contributed by atoms with Gasteiger partial charge in [-0.1, -0.05) is 49.7 Å². The molecule has 26 heavy (non-hydrogen) atoms. The van der Waals surface area contributed by atoms with Crippen molar-refractivity contribution in [2.24, 2.45) is 5.92 Å². The van der Waals surface area contributed by atoms with Gasteiger partial charge in [0.15, 0.2) is 6.33 Å². The Kier molecular flexibility index (Phi) is 5.25. The van der Waals surface area contributed by atoms with Crippen LogP contribution in [0.2, 0.25) is 0 Å². The lowest BCUT2D eigenvalue weighted by atomic mass is 9.86. The highest BCUT2D eigenvalue weighted by atomic mass is 15.6. The quantitative estimate of drug-likeness (QED) is 0.676. The van der Waals surface area contributed by atoms with E-state index in [2.05, 4.69) is 69.7 Å². The van der Waals surface area contributed by atoms with Gasteiger partial charge in [0.1, 0.15) is 6.04 Å². The van der Waals surface area contributed by atoms with Crippen LogP contribution in [0.1, 0.15) is 44.2 Å². The van der Waals surface area contributed by atoms with Crippen LogP contribution in [0.4, 0.5) is 0 Å². The second-order valence-corrected chi connectivity index (χ2v) is 7.36. The topological polar surface area (TPSA) is 46.8 Å². The number of rotatable bonds is 6. The van der Waals surface area contributed by atoms with Gasteiger partial charge >= 0.3 is 0 Å². The Morgan fingerprint density at radius 2 is 2.04 bits per heavy atom. The molecule has 1 aliphatic rings. The van der Waals surface area contributed by atoms with E-state index in [4.69, 9.17) is 0 Å². The standard InChI is InChI=1S/C21H27N5/c1-2-3-12-25-13-6-9-20(15-25)21(26-23-16-22-24-26)19-11-10-17-7-4-5-8-18(17)14-19/h4-5,7-8,10-11,14,16,20-21H,2-3,6,9,12-13,15H2,1H3/t20-,21+/m0/s1. The summed E-state index contributed by atoms with van der Waals surface area (Å²) in [5.74, 6) is 0.510. The molecule has 3 aromatic rings. The molecule has 2 aromatic carbocycles. The largest absolute Gasteiger partial charge is 0.303 e. The Hall–Kier alpha value is -2.27. The van der Waals surface area contributed by atoms with Gasteiger partial charge in [0.05, 0.1) is 0 Å². The van der Waals surface area contributed by atoms with Gasteiger partial charge in [0.25, 0.3) is 0 Å². The third kappa shape index (κ3) is 3.63. The number of aromatic nitrogens is 4. The maximum absolute atomic E-state index is 4.41. The molecule has 4 rings (SSSR count). The van der Waals surface area contributed by atoms with E-state index in [1.807, 2.05) is 4.80 Å². The molecule has 5 nitrogen and oxygen atoms in total. The van der Waals surface area contributed by atoms with Gasteiger partial charge in [-0.3, -0.25) is 0 Å². The van der Waals surface area contributed by atoms with Crippen LogP contribution in [-0.2, 0) is 0 Å². The third-order valence-electron chi connectivity index (χ3n) is 5.55. The first-order valence-corrected chi connectivity index (χ1v) is 9.78. The molecule has 0 N–H and O–H groups in total. The van der Waals surface area contributed by atoms with Crippen molar-refractivity contribution in [1.29, 1.82) is 0 Å². The van der Waals surface area contributed by atoms with Crippen LogP contribution >= 0.6 is 0 Å². The SMILES string of the molecule is CCCCN1CCC[C@H]([C@@H](c2ccc3ccccc3c2)n2ncnn2)C1. The second kappa shape index (κ2) is 7.96. The Balaban J connectivity index is 1.66. The van der Waals surface area contributed by atoms with Crippen molar-refractivity contribution >= 4 is 10.8 Å². The van der Waals surface area contributed by atoms with Gasteiger partial charge in [-0.15, -0.1) is 10.2 Å². The average molecular weight is 349 g/mol. The Bertz CT molecular complexity index is 829. The van der Waals surface area contributed by atoms with Crippen molar-refractivity contribution in [1.82, 2.24) is 25.1 Å². The minimum absolute atomic E-state index is 0.145. The molecule has 0 amide bonds. The van der Waals surface area contributed by atoms with Gasteiger partial charge in [-0.2, -0.15) is 4.80 Å². The van der Waals surface area contributed by atoms with Gasteiger partial charge in [0, 0.05) is 12.5 Å². The average Bonchev–Trinajstić information content (AvgIpc) is 3.21. The monoisotopic (exact) mass is 349 g/mol. The van der Waals surface area contributed by atoms with Crippen LogP contribution in [0.25, 0.3) is 10.8 Å². The fourth-order valence-electron chi connectivity index (χ4n) is 4.22. The first kappa shape index (κ1) is 17.2. The van der Waals surface area contributed by atoms with Crippen LogP contribution in [0, 0.1) is 5.92 Å². The van der Waals surface area contributed by atoms with E-state index in [9.17, 15) is 0 Å². The lowest BCUT2D eigenvalue weighted by Gasteiger charge is -2.36. The Morgan fingerprint density at radius 1 is 1.15 bits per heavy atom. The van der Waals surface area contributed by atoms with Crippen LogP contribution in [-0.4, -0.2) is 44.7 Å². The second-order valence-electron chi connectivity index (χ2n) is 7.36. The number of tetrazole rings is 1. The molecule has 1 fully saturated rings. The molecule has 0 unspecified atom stereocenters. The number of unbranched alkanes of at least 4 members (excludes halogenated alkanes) is 1. The number of benzene rings is 2. The fraction of sp³-hybridized carbons (Fsp3) is 0.476. The lowest BCUT2D eigenvalue weighted by molar-refractivity contribution is 0.137. The smallest absolute Gasteiger partial charge is 0.162 e. The van der Waals surface area contributed by atoms with Crippen molar-refractivity contribution in [3.8, 4) is 0 Å². The van der Waals surface area contributed by atoms with Crippen LogP contribution in [0.5, 0.6) is 0 Å². The first-order chi connectivity index (χ1) is 12.8. The molecular weight excluding hydrogens is 322 g/mol. The summed E-state index contributed by atoms with van der Waals surface area (Å²) < 4.78 is 0. The lowest BCUT2D eigenvalue weighted by Crippen LogP contribution is -2.40. The Labute approximate surface area is 155 Å². The van der Waals surface area contributed by atoms with E-state index in [1.165, 1.54) is 55.1 Å². The Morgan fingerprint density at radius 3 is 2.85 bits per heavy atom. The zero-order chi connectivity index (χ0) is 17.8. The normalized spacial score (nSPS) is 19.7. The maximum Gasteiger partial charge on any atom is 0.162 e. The predicted molar refractivity (Wildman–Crippen MR) is 104 cm³/mol. The molecule has 1 saturated heterocycles. The summed E-state index contributed by atoms with van der Waals surface area (Å²) in [6.07, 6.45) is 6.52. The minimum Gasteiger partial charge on any atom is -0.303 e. The molecule has 2 heterocycles. The third-order valence-corrected chi connectivity index (χ3v) is 5.55. The van der Waals surface area contributed by atoms with E-state index >= 15 is 0 Å². The molecule has 136 valence electrons. The number of nitrogens with zero attached hydrogens (tertiary/aromatic N) is 5. The van der Waals surface area contributed by atoms with Crippen LogP contribution < -0.4 is 0 Å². The molecule has 0 saturated carbocycles. The molecule has 1 aromatic heterocycles. The van der Waals surface area contributed by atoms with Crippen molar-refractivity contribution < 1.29 is 0 Å². The summed E-state index contributed by atoms with van der Waals surface area (Å²) >= 11 is 0. The maximum atomic E-state index is 4.41.